The molecular formula is C29H37N3O2. The number of hydrogen-bond donors (Lipinski definition) is 2. The van der Waals surface area contributed by atoms with Crippen molar-refractivity contribution < 1.29 is 9.53 Å². The summed E-state index contributed by atoms with van der Waals surface area (Å²) in [6, 6.07) is 16.9. The van der Waals surface area contributed by atoms with Crippen molar-refractivity contribution in [3.05, 3.63) is 65.9 Å². The van der Waals surface area contributed by atoms with Gasteiger partial charge in [0.25, 0.3) is 0 Å². The molecule has 0 atom stereocenters. The van der Waals surface area contributed by atoms with Crippen molar-refractivity contribution in [3.63, 3.8) is 0 Å². The van der Waals surface area contributed by atoms with E-state index >= 15 is 0 Å². The molecule has 2 fully saturated rings. The molecule has 3 aromatic rings. The second-order valence-electron chi connectivity index (χ2n) is 10.0. The Balaban J connectivity index is 1.10. The summed E-state index contributed by atoms with van der Waals surface area (Å²) in [6.07, 6.45) is 11.1. The molecule has 0 bridgehead atoms. The van der Waals surface area contributed by atoms with Crippen LogP contribution in [0.3, 0.4) is 0 Å². The number of rotatable bonds is 8. The van der Waals surface area contributed by atoms with Gasteiger partial charge in [0.2, 0.25) is 5.91 Å². The summed E-state index contributed by atoms with van der Waals surface area (Å²) in [4.78, 5) is 18.5. The average Bonchev–Trinajstić information content (AvgIpc) is 3.30. The van der Waals surface area contributed by atoms with Gasteiger partial charge in [-0.2, -0.15) is 0 Å². The molecule has 0 spiro atoms. The summed E-state index contributed by atoms with van der Waals surface area (Å²) in [5.41, 5.74) is 3.68. The normalized spacial score (nSPS) is 18.2. The average molecular weight is 460 g/mol. The lowest BCUT2D eigenvalue weighted by Gasteiger charge is -2.33. The van der Waals surface area contributed by atoms with Gasteiger partial charge in [-0.15, -0.1) is 0 Å². The molecular weight excluding hydrogens is 422 g/mol. The Morgan fingerprint density at radius 3 is 2.59 bits per heavy atom. The Morgan fingerprint density at radius 2 is 1.79 bits per heavy atom. The molecule has 1 aliphatic heterocycles. The first-order valence-electron chi connectivity index (χ1n) is 13.0. The molecule has 5 nitrogen and oxygen atoms in total. The molecule has 1 amide bonds. The van der Waals surface area contributed by atoms with Crippen molar-refractivity contribution in [1.82, 2.24) is 15.2 Å². The van der Waals surface area contributed by atoms with Crippen LogP contribution in [0, 0.1) is 5.92 Å². The lowest BCUT2D eigenvalue weighted by Crippen LogP contribution is -2.46. The third-order valence-electron chi connectivity index (χ3n) is 7.59. The van der Waals surface area contributed by atoms with E-state index in [9.17, 15) is 4.79 Å². The minimum Gasteiger partial charge on any atom is -0.489 e. The fraction of sp³-hybridized carbons (Fsp3) is 0.483. The summed E-state index contributed by atoms with van der Waals surface area (Å²) < 4.78 is 6.05. The fourth-order valence-electron chi connectivity index (χ4n) is 5.46. The molecule has 0 unspecified atom stereocenters. The van der Waals surface area contributed by atoms with E-state index in [2.05, 4.69) is 45.7 Å². The lowest BCUT2D eigenvalue weighted by atomic mass is 9.88. The van der Waals surface area contributed by atoms with E-state index in [1.165, 1.54) is 35.8 Å². The molecule has 2 aliphatic rings. The van der Waals surface area contributed by atoms with Crippen molar-refractivity contribution in [1.29, 1.82) is 0 Å². The number of ether oxygens (including phenoxy) is 1. The number of carbonyl (C=O) groups is 1. The van der Waals surface area contributed by atoms with E-state index in [1.807, 2.05) is 24.3 Å². The number of amides is 1. The van der Waals surface area contributed by atoms with Crippen LogP contribution in [0.25, 0.3) is 10.9 Å². The van der Waals surface area contributed by atoms with Gasteiger partial charge in [0.1, 0.15) is 12.4 Å². The van der Waals surface area contributed by atoms with E-state index in [0.29, 0.717) is 18.6 Å². The van der Waals surface area contributed by atoms with Crippen LogP contribution in [0.2, 0.25) is 0 Å². The Kier molecular flexibility index (Phi) is 7.49. The maximum Gasteiger partial charge on any atom is 0.223 e. The number of nitrogens with zero attached hydrogens (tertiary/aromatic N) is 1. The van der Waals surface area contributed by atoms with Gasteiger partial charge >= 0.3 is 0 Å². The summed E-state index contributed by atoms with van der Waals surface area (Å²) in [6.45, 7) is 3.75. The minimum atomic E-state index is 0.259. The summed E-state index contributed by atoms with van der Waals surface area (Å²) >= 11 is 0. The Bertz CT molecular complexity index is 1060. The quantitative estimate of drug-likeness (QED) is 0.471. The van der Waals surface area contributed by atoms with Crippen molar-refractivity contribution in [2.24, 2.45) is 5.92 Å². The number of fused-ring (bicyclic) bond motifs is 1. The molecule has 0 radical (unpaired) electrons. The van der Waals surface area contributed by atoms with Crippen LogP contribution in [-0.4, -0.2) is 41.5 Å². The second-order valence-corrected chi connectivity index (χ2v) is 10.0. The highest BCUT2D eigenvalue weighted by atomic mass is 16.5. The van der Waals surface area contributed by atoms with Crippen LogP contribution in [0.4, 0.5) is 0 Å². The number of piperidine rings is 1. The number of likely N-dealkylation sites (tertiary alicyclic amines) is 1. The number of aromatic amines is 1. The third-order valence-corrected chi connectivity index (χ3v) is 7.59. The second kappa shape index (κ2) is 11.1. The first-order chi connectivity index (χ1) is 16.7. The van der Waals surface area contributed by atoms with Crippen molar-refractivity contribution in [2.75, 3.05) is 19.6 Å². The van der Waals surface area contributed by atoms with E-state index in [1.54, 1.807) is 0 Å². The number of carbonyl (C=O) groups excluding carboxylic acids is 1. The third kappa shape index (κ3) is 5.82. The molecule has 5 heteroatoms. The summed E-state index contributed by atoms with van der Waals surface area (Å²) in [5, 5.41) is 4.60. The molecule has 2 heterocycles. The number of hydrogen-bond acceptors (Lipinski definition) is 3. The maximum absolute atomic E-state index is 12.6. The smallest absolute Gasteiger partial charge is 0.223 e. The van der Waals surface area contributed by atoms with Crippen LogP contribution < -0.4 is 10.1 Å². The Labute approximate surface area is 202 Å². The Hall–Kier alpha value is -2.79. The van der Waals surface area contributed by atoms with Gasteiger partial charge in [-0.25, -0.2) is 0 Å². The van der Waals surface area contributed by atoms with Crippen molar-refractivity contribution in [2.45, 2.75) is 64.0 Å². The fourth-order valence-corrected chi connectivity index (χ4v) is 5.46. The highest BCUT2D eigenvalue weighted by Crippen LogP contribution is 2.26. The number of nitrogens with one attached hydrogen (secondary N) is 2. The van der Waals surface area contributed by atoms with Gasteiger partial charge in [-0.1, -0.05) is 49.6 Å². The largest absolute Gasteiger partial charge is 0.489 e. The van der Waals surface area contributed by atoms with Crippen LogP contribution >= 0.6 is 0 Å². The van der Waals surface area contributed by atoms with Gasteiger partial charge in [0.15, 0.2) is 0 Å². The SMILES string of the molecule is O=C(NC1CCN(CCc2c[nH]c3ccc(OCc4ccccc4)cc23)CC1)C1CCCCC1. The lowest BCUT2D eigenvalue weighted by molar-refractivity contribution is -0.127. The molecule has 2 aromatic carbocycles. The topological polar surface area (TPSA) is 57.4 Å². The number of aromatic nitrogens is 1. The predicted molar refractivity (Wildman–Crippen MR) is 137 cm³/mol. The maximum atomic E-state index is 12.6. The molecule has 2 N–H and O–H groups in total. The predicted octanol–water partition coefficient (Wildman–Crippen LogP) is 5.45. The van der Waals surface area contributed by atoms with Gasteiger partial charge in [0, 0.05) is 48.7 Å². The van der Waals surface area contributed by atoms with Gasteiger partial charge < -0.3 is 19.9 Å². The van der Waals surface area contributed by atoms with Gasteiger partial charge in [0.05, 0.1) is 0 Å². The molecule has 180 valence electrons. The van der Waals surface area contributed by atoms with E-state index in [4.69, 9.17) is 4.74 Å². The van der Waals surface area contributed by atoms with Crippen LogP contribution in [0.1, 0.15) is 56.1 Å². The first kappa shape index (κ1) is 23.0. The number of H-pyrrole nitrogens is 1. The zero-order valence-corrected chi connectivity index (χ0v) is 20.1. The first-order valence-corrected chi connectivity index (χ1v) is 13.0. The van der Waals surface area contributed by atoms with Crippen molar-refractivity contribution in [3.8, 4) is 5.75 Å². The summed E-state index contributed by atoms with van der Waals surface area (Å²) in [5.74, 6) is 1.48. The number of benzene rings is 2. The van der Waals surface area contributed by atoms with Gasteiger partial charge in [-0.05, 0) is 61.4 Å². The molecule has 1 aromatic heterocycles. The highest BCUT2D eigenvalue weighted by molar-refractivity contribution is 5.84. The van der Waals surface area contributed by atoms with E-state index in [0.717, 1.165) is 63.0 Å². The van der Waals surface area contributed by atoms with Crippen LogP contribution in [0.15, 0.2) is 54.7 Å². The Morgan fingerprint density at radius 1 is 1.00 bits per heavy atom. The monoisotopic (exact) mass is 459 g/mol. The zero-order valence-electron chi connectivity index (χ0n) is 20.1. The molecule has 5 rings (SSSR count). The highest BCUT2D eigenvalue weighted by Gasteiger charge is 2.25. The molecule has 1 aliphatic carbocycles. The van der Waals surface area contributed by atoms with Crippen LogP contribution in [-0.2, 0) is 17.8 Å². The van der Waals surface area contributed by atoms with E-state index < -0.39 is 0 Å². The summed E-state index contributed by atoms with van der Waals surface area (Å²) in [7, 11) is 0. The van der Waals surface area contributed by atoms with Gasteiger partial charge in [-0.3, -0.25) is 4.79 Å². The molecule has 34 heavy (non-hydrogen) atoms. The molecule has 1 saturated heterocycles. The minimum absolute atomic E-state index is 0.259. The van der Waals surface area contributed by atoms with Crippen molar-refractivity contribution >= 4 is 16.8 Å². The van der Waals surface area contributed by atoms with E-state index in [-0.39, 0.29) is 5.92 Å². The van der Waals surface area contributed by atoms with Crippen LogP contribution in [0.5, 0.6) is 5.75 Å². The standard InChI is InChI=1S/C29H37N3O2/c33-29(23-9-5-2-6-10-23)31-25-14-17-32(18-15-25)16-13-24-20-30-28-12-11-26(19-27(24)28)34-21-22-7-3-1-4-8-22/h1,3-4,7-8,11-12,19-20,23,25,30H,2,5-6,9-10,13-18,21H2,(H,31,33). The molecule has 1 saturated carbocycles. The zero-order chi connectivity index (χ0) is 23.2.